The van der Waals surface area contributed by atoms with E-state index in [9.17, 15) is 10.0 Å². The Morgan fingerprint density at radius 3 is 3.00 bits per heavy atom. The minimum Gasteiger partial charge on any atom is -0.595 e. The van der Waals surface area contributed by atoms with Crippen LogP contribution in [0.25, 0.3) is 0 Å². The Kier molecular flexibility index (Phi) is 1.77. The van der Waals surface area contributed by atoms with Gasteiger partial charge in [0.25, 0.3) is 5.91 Å². The number of benzene rings is 1. The predicted octanol–water partition coefficient (Wildman–Crippen LogP) is -0.667. The van der Waals surface area contributed by atoms with Gasteiger partial charge in [-0.3, -0.25) is 4.79 Å². The summed E-state index contributed by atoms with van der Waals surface area (Å²) in [5, 5.41) is 21.1. The van der Waals surface area contributed by atoms with Crippen LogP contribution in [0.5, 0.6) is 0 Å². The lowest BCUT2D eigenvalue weighted by molar-refractivity contribution is -0.991. The van der Waals surface area contributed by atoms with Crippen molar-refractivity contribution in [1.82, 2.24) is 5.32 Å². The first-order valence-electron chi connectivity index (χ1n) is 3.83. The van der Waals surface area contributed by atoms with E-state index in [1.54, 1.807) is 12.1 Å². The highest BCUT2D eigenvalue weighted by Crippen LogP contribution is 2.20. The Balaban J connectivity index is 2.57. The zero-order valence-corrected chi connectivity index (χ0v) is 6.70. The van der Waals surface area contributed by atoms with Crippen molar-refractivity contribution in [3.8, 4) is 0 Å². The quantitative estimate of drug-likeness (QED) is 0.502. The molecule has 1 aliphatic heterocycles. The van der Waals surface area contributed by atoms with Crippen molar-refractivity contribution in [2.45, 2.75) is 6.54 Å². The van der Waals surface area contributed by atoms with Gasteiger partial charge >= 0.3 is 0 Å². The maximum absolute atomic E-state index is 11.1. The van der Waals surface area contributed by atoms with Gasteiger partial charge in [0, 0.05) is 18.2 Å². The number of carbonyl (C=O) groups is 1. The van der Waals surface area contributed by atoms with Crippen LogP contribution in [0.2, 0.25) is 0 Å². The van der Waals surface area contributed by atoms with Gasteiger partial charge in [-0.05, 0) is 6.07 Å². The van der Waals surface area contributed by atoms with Crippen LogP contribution >= 0.6 is 0 Å². The van der Waals surface area contributed by atoms with Gasteiger partial charge in [-0.15, -0.1) is 0 Å². The smallest absolute Gasteiger partial charge is 0.252 e. The molecular weight excluding hydrogens is 172 g/mol. The molecule has 2 rings (SSSR count). The first kappa shape index (κ1) is 8.18. The third-order valence-corrected chi connectivity index (χ3v) is 2.08. The molecule has 1 heterocycles. The van der Waals surface area contributed by atoms with Gasteiger partial charge in [0.1, 0.15) is 0 Å². The highest BCUT2D eigenvalue weighted by Gasteiger charge is 2.23. The molecule has 0 aromatic heterocycles. The van der Waals surface area contributed by atoms with Gasteiger partial charge in [0.15, 0.2) is 5.69 Å². The number of hydrogen-bond acceptors (Lipinski definition) is 3. The van der Waals surface area contributed by atoms with Crippen molar-refractivity contribution in [2.75, 3.05) is 0 Å². The summed E-state index contributed by atoms with van der Waals surface area (Å²) in [7, 11) is 0. The van der Waals surface area contributed by atoms with Gasteiger partial charge < -0.3 is 10.5 Å². The maximum atomic E-state index is 11.1. The first-order valence-corrected chi connectivity index (χ1v) is 3.83. The predicted molar refractivity (Wildman–Crippen MR) is 43.4 cm³/mol. The largest absolute Gasteiger partial charge is 0.595 e. The number of carbonyl (C=O) groups excluding carboxylic acids is 1. The van der Waals surface area contributed by atoms with Gasteiger partial charge in [-0.2, -0.15) is 5.23 Å². The van der Waals surface area contributed by atoms with E-state index in [1.807, 2.05) is 0 Å². The van der Waals surface area contributed by atoms with E-state index in [0.717, 1.165) is 0 Å². The summed E-state index contributed by atoms with van der Waals surface area (Å²) in [5.41, 5.74) is 1.26. The Labute approximate surface area is 74.1 Å². The minimum absolute atomic E-state index is 0.196. The van der Waals surface area contributed by atoms with Crippen molar-refractivity contribution < 1.29 is 15.2 Å². The fourth-order valence-electron chi connectivity index (χ4n) is 1.45. The number of rotatable bonds is 1. The molecule has 1 aromatic carbocycles. The van der Waals surface area contributed by atoms with Crippen molar-refractivity contribution in [2.24, 2.45) is 0 Å². The van der Waals surface area contributed by atoms with Gasteiger partial charge in [0.05, 0.1) is 5.56 Å². The van der Waals surface area contributed by atoms with Crippen molar-refractivity contribution >= 4 is 11.6 Å². The monoisotopic (exact) mass is 180 g/mol. The molecule has 0 saturated carbocycles. The second-order valence-electron chi connectivity index (χ2n) is 2.82. The average Bonchev–Trinajstić information content (AvgIpc) is 2.48. The van der Waals surface area contributed by atoms with Crippen LogP contribution in [0.4, 0.5) is 5.69 Å². The van der Waals surface area contributed by atoms with E-state index < -0.39 is 5.23 Å². The topological polar surface area (TPSA) is 76.8 Å². The first-order chi connectivity index (χ1) is 6.20. The maximum Gasteiger partial charge on any atom is 0.252 e. The standard InChI is InChI=1S/C8H8N2O3/c11-8-5-2-1-3-7(10(12)13)6(5)4-9-8/h1-3,10,12H,4H2,(H,9,11). The van der Waals surface area contributed by atoms with Crippen LogP contribution < -0.4 is 10.5 Å². The van der Waals surface area contributed by atoms with E-state index in [1.165, 1.54) is 6.07 Å². The van der Waals surface area contributed by atoms with Crippen molar-refractivity contribution in [3.63, 3.8) is 0 Å². The Hall–Kier alpha value is -1.43. The Bertz CT molecular complexity index is 362. The molecule has 1 aliphatic rings. The molecule has 68 valence electrons. The lowest BCUT2D eigenvalue weighted by atomic mass is 10.1. The number of nitrogens with one attached hydrogen (secondary N) is 2. The van der Waals surface area contributed by atoms with Crippen LogP contribution in [0.1, 0.15) is 15.9 Å². The molecule has 0 bridgehead atoms. The molecule has 0 saturated heterocycles. The molecule has 0 aliphatic carbocycles. The molecular formula is C8H8N2O3. The third-order valence-electron chi connectivity index (χ3n) is 2.08. The van der Waals surface area contributed by atoms with Crippen molar-refractivity contribution in [3.05, 3.63) is 34.5 Å². The second-order valence-corrected chi connectivity index (χ2v) is 2.82. The summed E-state index contributed by atoms with van der Waals surface area (Å²) >= 11 is 0. The van der Waals surface area contributed by atoms with Gasteiger partial charge in [0.2, 0.25) is 0 Å². The lowest BCUT2D eigenvalue weighted by Gasteiger charge is -2.13. The molecule has 5 heteroatoms. The Morgan fingerprint density at radius 1 is 1.54 bits per heavy atom. The van der Waals surface area contributed by atoms with Gasteiger partial charge in [-0.1, -0.05) is 6.07 Å². The SMILES string of the molecule is O=C1NCc2c1cccc2[NH+]([O-])O. The molecule has 1 aromatic rings. The fourth-order valence-corrected chi connectivity index (χ4v) is 1.45. The molecule has 1 unspecified atom stereocenters. The summed E-state index contributed by atoms with van der Waals surface area (Å²) < 4.78 is 0. The normalized spacial score (nSPS) is 16.6. The Morgan fingerprint density at radius 2 is 2.31 bits per heavy atom. The minimum atomic E-state index is -0.992. The number of hydrogen-bond donors (Lipinski definition) is 3. The van der Waals surface area contributed by atoms with Crippen LogP contribution in [0.15, 0.2) is 18.2 Å². The van der Waals surface area contributed by atoms with Crippen LogP contribution in [-0.4, -0.2) is 11.1 Å². The number of amides is 1. The average molecular weight is 180 g/mol. The third kappa shape index (κ3) is 1.19. The summed E-state index contributed by atoms with van der Waals surface area (Å²) in [5.74, 6) is -0.196. The fraction of sp³-hybridized carbons (Fsp3) is 0.125. The second kappa shape index (κ2) is 2.81. The highest BCUT2D eigenvalue weighted by atomic mass is 16.8. The van der Waals surface area contributed by atoms with E-state index in [-0.39, 0.29) is 11.6 Å². The lowest BCUT2D eigenvalue weighted by Crippen LogP contribution is -2.99. The van der Waals surface area contributed by atoms with E-state index in [0.29, 0.717) is 17.7 Å². The number of fused-ring (bicyclic) bond motifs is 1. The van der Waals surface area contributed by atoms with Crippen LogP contribution in [0.3, 0.4) is 0 Å². The molecule has 1 amide bonds. The highest BCUT2D eigenvalue weighted by molar-refractivity contribution is 5.99. The van der Waals surface area contributed by atoms with Crippen molar-refractivity contribution in [1.29, 1.82) is 0 Å². The summed E-state index contributed by atoms with van der Waals surface area (Å²) in [4.78, 5) is 11.1. The molecule has 0 spiro atoms. The van der Waals surface area contributed by atoms with E-state index >= 15 is 0 Å². The van der Waals surface area contributed by atoms with Gasteiger partial charge in [-0.25, -0.2) is 5.21 Å². The van der Waals surface area contributed by atoms with Crippen LogP contribution in [0, 0.1) is 5.21 Å². The molecule has 0 radical (unpaired) electrons. The molecule has 13 heavy (non-hydrogen) atoms. The molecule has 1 atom stereocenters. The summed E-state index contributed by atoms with van der Waals surface area (Å²) in [6, 6.07) is 4.71. The van der Waals surface area contributed by atoms with E-state index in [2.05, 4.69) is 5.32 Å². The molecule has 0 fully saturated rings. The zero-order valence-electron chi connectivity index (χ0n) is 6.70. The van der Waals surface area contributed by atoms with Crippen LogP contribution in [-0.2, 0) is 6.54 Å². The van der Waals surface area contributed by atoms with E-state index in [4.69, 9.17) is 5.21 Å². The summed E-state index contributed by atoms with van der Waals surface area (Å²) in [6.45, 7) is 0.316. The molecule has 3 N–H and O–H groups in total. The molecule has 5 nitrogen and oxygen atoms in total. The zero-order chi connectivity index (χ0) is 9.42. The summed E-state index contributed by atoms with van der Waals surface area (Å²) in [6.07, 6.45) is 0. The number of quaternary nitrogens is 1.